The average Bonchev–Trinajstić information content (AvgIpc) is 2.85. The van der Waals surface area contributed by atoms with Gasteiger partial charge in [0.25, 0.3) is 0 Å². The summed E-state index contributed by atoms with van der Waals surface area (Å²) >= 11 is 3.53. The van der Waals surface area contributed by atoms with Crippen molar-refractivity contribution in [3.05, 3.63) is 70.2 Å². The van der Waals surface area contributed by atoms with E-state index in [1.807, 2.05) is 19.1 Å². The fourth-order valence-electron chi connectivity index (χ4n) is 3.49. The van der Waals surface area contributed by atoms with Crippen LogP contribution in [0.2, 0.25) is 0 Å². The summed E-state index contributed by atoms with van der Waals surface area (Å²) in [6.07, 6.45) is 12.3. The number of carbonyl (C=O) groups excluding carboxylic acids is 3. The maximum absolute atomic E-state index is 12.4. The minimum absolute atomic E-state index is 0.192. The number of amides is 2. The molecular weight excluding hydrogens is 516 g/mol. The second kappa shape index (κ2) is 12.1. The lowest BCUT2D eigenvalue weighted by atomic mass is 9.99. The Morgan fingerprint density at radius 1 is 1.26 bits per heavy atom. The highest BCUT2D eigenvalue weighted by Crippen LogP contribution is 2.28. The Kier molecular flexibility index (Phi) is 8.98. The van der Waals surface area contributed by atoms with Crippen LogP contribution < -0.4 is 15.4 Å². The molecule has 0 spiro atoms. The number of hydrogen-bond donors (Lipinski definition) is 2. The number of nitriles is 1. The molecule has 10 heteroatoms. The van der Waals surface area contributed by atoms with E-state index in [1.165, 1.54) is 19.5 Å². The molecule has 1 heterocycles. The molecule has 1 aromatic rings. The first-order valence-electron chi connectivity index (χ1n) is 10.9. The molecule has 182 valence electrons. The summed E-state index contributed by atoms with van der Waals surface area (Å²) in [5, 5.41) is 14.4. The lowest BCUT2D eigenvalue weighted by molar-refractivity contribution is -0.129. The second-order valence-electron chi connectivity index (χ2n) is 7.98. The fourth-order valence-corrected chi connectivity index (χ4v) is 4.03. The number of hydrogen-bond acceptors (Lipinski definition) is 7. The van der Waals surface area contributed by atoms with E-state index in [4.69, 9.17) is 14.7 Å². The van der Waals surface area contributed by atoms with Crippen LogP contribution in [0.4, 0.5) is 0 Å². The molecule has 3 atom stereocenters. The van der Waals surface area contributed by atoms with Crippen LogP contribution in [0.25, 0.3) is 0 Å². The van der Waals surface area contributed by atoms with Crippen molar-refractivity contribution in [2.45, 2.75) is 38.3 Å². The van der Waals surface area contributed by atoms with E-state index in [0.717, 1.165) is 10.1 Å². The number of rotatable bonds is 8. The number of pyridine rings is 1. The highest BCUT2D eigenvalue weighted by molar-refractivity contribution is 9.11. The molecule has 35 heavy (non-hydrogen) atoms. The van der Waals surface area contributed by atoms with E-state index in [1.54, 1.807) is 24.3 Å². The third-order valence-electron chi connectivity index (χ3n) is 5.34. The molecule has 3 unspecified atom stereocenters. The summed E-state index contributed by atoms with van der Waals surface area (Å²) in [5.74, 6) is -1.09. The van der Waals surface area contributed by atoms with Crippen molar-refractivity contribution in [2.24, 2.45) is 5.92 Å². The molecule has 0 aromatic carbocycles. The molecule has 2 aliphatic carbocycles. The van der Waals surface area contributed by atoms with Gasteiger partial charge >= 0.3 is 5.97 Å². The molecule has 0 radical (unpaired) electrons. The molecule has 0 saturated carbocycles. The van der Waals surface area contributed by atoms with Gasteiger partial charge in [-0.15, -0.1) is 0 Å². The standard InChI is InChI=1S/C25H25BrN4O5/c1-15(29-23(31)11-24(32)30-19-6-3-16(12-27)4-7-19)17-5-8-22(21(26)10-17)35-20-9-18(13-28-14-20)25(33)34-2/h3,5-7,9-10,13-16,22H,4,8,11H2,1-2H3,(H,29,31)(H,30,32). The van der Waals surface area contributed by atoms with Gasteiger partial charge in [0.1, 0.15) is 18.3 Å². The molecule has 2 aliphatic rings. The predicted molar refractivity (Wildman–Crippen MR) is 131 cm³/mol. The van der Waals surface area contributed by atoms with Crippen molar-refractivity contribution in [1.82, 2.24) is 15.6 Å². The van der Waals surface area contributed by atoms with Crippen LogP contribution in [0, 0.1) is 17.2 Å². The molecule has 0 bridgehead atoms. The maximum atomic E-state index is 12.4. The summed E-state index contributed by atoms with van der Waals surface area (Å²) in [5.41, 5.74) is 1.75. The smallest absolute Gasteiger partial charge is 0.339 e. The Morgan fingerprint density at radius 2 is 2.06 bits per heavy atom. The van der Waals surface area contributed by atoms with Crippen LogP contribution in [0.5, 0.6) is 5.75 Å². The lowest BCUT2D eigenvalue weighted by Gasteiger charge is -2.24. The van der Waals surface area contributed by atoms with E-state index >= 15 is 0 Å². The molecule has 0 saturated heterocycles. The van der Waals surface area contributed by atoms with E-state index in [2.05, 4.69) is 37.6 Å². The fraction of sp³-hybridized carbons (Fsp3) is 0.320. The summed E-state index contributed by atoms with van der Waals surface area (Å²) in [6.45, 7) is 1.83. The number of carbonyl (C=O) groups is 3. The first kappa shape index (κ1) is 25.9. The summed E-state index contributed by atoms with van der Waals surface area (Å²) in [4.78, 5) is 40.3. The first-order valence-corrected chi connectivity index (χ1v) is 11.7. The summed E-state index contributed by atoms with van der Waals surface area (Å²) in [7, 11) is 1.30. The normalized spacial score (nSPS) is 19.8. The average molecular weight is 541 g/mol. The van der Waals surface area contributed by atoms with Gasteiger partial charge in [-0.25, -0.2) is 4.79 Å². The van der Waals surface area contributed by atoms with Gasteiger partial charge in [0.15, 0.2) is 0 Å². The summed E-state index contributed by atoms with van der Waals surface area (Å²) in [6, 6.07) is 3.38. The van der Waals surface area contributed by atoms with Gasteiger partial charge < -0.3 is 20.1 Å². The molecular formula is C25H25BrN4O5. The van der Waals surface area contributed by atoms with Crippen LogP contribution in [-0.2, 0) is 14.3 Å². The molecule has 1 aromatic heterocycles. The number of halogens is 1. The molecule has 3 rings (SSSR count). The molecule has 0 fully saturated rings. The largest absolute Gasteiger partial charge is 0.483 e. The minimum Gasteiger partial charge on any atom is -0.483 e. The Hall–Kier alpha value is -3.71. The number of nitrogens with one attached hydrogen (secondary N) is 2. The van der Waals surface area contributed by atoms with Crippen molar-refractivity contribution in [3.63, 3.8) is 0 Å². The number of aromatic nitrogens is 1. The van der Waals surface area contributed by atoms with Crippen molar-refractivity contribution in [1.29, 1.82) is 5.26 Å². The molecule has 2 amide bonds. The van der Waals surface area contributed by atoms with E-state index < -0.39 is 17.8 Å². The second-order valence-corrected chi connectivity index (χ2v) is 8.90. The van der Waals surface area contributed by atoms with Gasteiger partial charge in [0.05, 0.1) is 36.9 Å². The van der Waals surface area contributed by atoms with Gasteiger partial charge in [-0.05, 0) is 37.1 Å². The third-order valence-corrected chi connectivity index (χ3v) is 6.08. The zero-order valence-electron chi connectivity index (χ0n) is 19.3. The highest BCUT2D eigenvalue weighted by Gasteiger charge is 2.22. The molecule has 9 nitrogen and oxygen atoms in total. The summed E-state index contributed by atoms with van der Waals surface area (Å²) < 4.78 is 11.4. The Balaban J connectivity index is 1.49. The van der Waals surface area contributed by atoms with Crippen molar-refractivity contribution < 1.29 is 23.9 Å². The van der Waals surface area contributed by atoms with Gasteiger partial charge in [-0.1, -0.05) is 34.2 Å². The quantitative estimate of drug-likeness (QED) is 0.382. The van der Waals surface area contributed by atoms with E-state index in [9.17, 15) is 14.4 Å². The Bertz CT molecular complexity index is 1160. The topological polar surface area (TPSA) is 130 Å². The zero-order chi connectivity index (χ0) is 25.4. The number of ether oxygens (including phenoxy) is 2. The van der Waals surface area contributed by atoms with Crippen molar-refractivity contribution in [3.8, 4) is 11.8 Å². The zero-order valence-corrected chi connectivity index (χ0v) is 20.9. The van der Waals surface area contributed by atoms with Crippen molar-refractivity contribution in [2.75, 3.05) is 7.11 Å². The number of methoxy groups -OCH3 is 1. The predicted octanol–water partition coefficient (Wildman–Crippen LogP) is 3.22. The lowest BCUT2D eigenvalue weighted by Crippen LogP contribution is -2.37. The maximum Gasteiger partial charge on any atom is 0.339 e. The Labute approximate surface area is 211 Å². The molecule has 0 aliphatic heterocycles. The number of nitrogens with zero attached hydrogens (tertiary/aromatic N) is 2. The van der Waals surface area contributed by atoms with E-state index in [-0.39, 0.29) is 24.5 Å². The SMILES string of the molecule is COC(=O)c1cncc(OC2CC=C(C(C)NC(=O)CC(=O)NC3=CCC(C#N)C=C3)C=C2Br)c1. The monoisotopic (exact) mass is 540 g/mol. The van der Waals surface area contributed by atoms with Gasteiger partial charge in [0, 0.05) is 22.8 Å². The van der Waals surface area contributed by atoms with Crippen molar-refractivity contribution >= 4 is 33.7 Å². The van der Waals surface area contributed by atoms with Crippen LogP contribution in [0.3, 0.4) is 0 Å². The van der Waals surface area contributed by atoms with Crippen LogP contribution in [-0.4, -0.2) is 42.0 Å². The first-order chi connectivity index (χ1) is 16.8. The van der Waals surface area contributed by atoms with Crippen LogP contribution in [0.15, 0.2) is 64.6 Å². The van der Waals surface area contributed by atoms with Gasteiger partial charge in [0.2, 0.25) is 11.8 Å². The highest BCUT2D eigenvalue weighted by atomic mass is 79.9. The third kappa shape index (κ3) is 7.39. The molecule has 2 N–H and O–H groups in total. The van der Waals surface area contributed by atoms with Gasteiger partial charge in [-0.2, -0.15) is 5.26 Å². The number of esters is 1. The minimum atomic E-state index is -0.499. The van der Waals surface area contributed by atoms with Crippen LogP contribution in [0.1, 0.15) is 36.5 Å². The van der Waals surface area contributed by atoms with Crippen LogP contribution >= 0.6 is 15.9 Å². The number of allylic oxidation sites excluding steroid dienone is 3. The van der Waals surface area contributed by atoms with Gasteiger partial charge in [-0.3, -0.25) is 14.6 Å². The Morgan fingerprint density at radius 3 is 2.71 bits per heavy atom. The van der Waals surface area contributed by atoms with E-state index in [0.29, 0.717) is 29.9 Å².